The minimum absolute atomic E-state index is 0.0519. The number of ether oxygens (including phenoxy) is 1. The number of hydrogen-bond donors (Lipinski definition) is 1. The summed E-state index contributed by atoms with van der Waals surface area (Å²) in [6.45, 7) is 3.35. The molecule has 1 saturated heterocycles. The van der Waals surface area contributed by atoms with Gasteiger partial charge >= 0.3 is 0 Å². The molecule has 152 valence electrons. The molecule has 4 rings (SSSR count). The fourth-order valence-corrected chi connectivity index (χ4v) is 3.47. The van der Waals surface area contributed by atoms with E-state index in [2.05, 4.69) is 43.0 Å². The second-order valence-corrected chi connectivity index (χ2v) is 6.96. The molecule has 0 spiro atoms. The molecule has 10 heteroatoms. The van der Waals surface area contributed by atoms with Crippen LogP contribution in [0.5, 0.6) is 0 Å². The summed E-state index contributed by atoms with van der Waals surface area (Å²) < 4.78 is 8.78. The van der Waals surface area contributed by atoms with Crippen molar-refractivity contribution in [3.63, 3.8) is 0 Å². The van der Waals surface area contributed by atoms with Crippen LogP contribution in [0.1, 0.15) is 23.0 Å². The molecule has 3 aromatic rings. The first-order chi connectivity index (χ1) is 14.2. The molecule has 29 heavy (non-hydrogen) atoms. The first kappa shape index (κ1) is 19.2. The number of tetrazole rings is 1. The third-order valence-corrected chi connectivity index (χ3v) is 4.87. The van der Waals surface area contributed by atoms with Gasteiger partial charge in [0.15, 0.2) is 5.82 Å². The molecule has 10 nitrogen and oxygen atoms in total. The van der Waals surface area contributed by atoms with Crippen LogP contribution in [0, 0.1) is 0 Å². The van der Waals surface area contributed by atoms with Gasteiger partial charge in [0, 0.05) is 38.4 Å². The van der Waals surface area contributed by atoms with Gasteiger partial charge < -0.3 is 10.1 Å². The lowest BCUT2D eigenvalue weighted by molar-refractivity contribution is -0.122. The van der Waals surface area contributed by atoms with Crippen molar-refractivity contribution < 1.29 is 9.53 Å². The molecule has 1 aliphatic heterocycles. The van der Waals surface area contributed by atoms with Gasteiger partial charge in [-0.2, -0.15) is 5.10 Å². The van der Waals surface area contributed by atoms with Crippen molar-refractivity contribution >= 4 is 5.91 Å². The zero-order chi connectivity index (χ0) is 20.1. The smallest absolute Gasteiger partial charge is 0.242 e. The number of morpholine rings is 1. The Morgan fingerprint density at radius 1 is 1.24 bits per heavy atom. The standard InChI is InChI=1S/C19H24N8O2/c1-25-13-15(12-21-25)11-20-17(28)14-27-19(22-23-24-27)18(16-5-3-2-4-6-16)26-7-9-29-10-8-26/h2-6,12-13,18H,7-11,14H2,1H3,(H,20,28)/t18-/m0/s1. The number of amides is 1. The van der Waals surface area contributed by atoms with Crippen molar-refractivity contribution in [1.82, 2.24) is 40.2 Å². The minimum atomic E-state index is -0.156. The Kier molecular flexibility index (Phi) is 5.92. The SMILES string of the molecule is Cn1cc(CNC(=O)Cn2nnnc2[C@H](c2ccccc2)N2CCOCC2)cn1. The number of carbonyl (C=O) groups is 1. The predicted molar refractivity (Wildman–Crippen MR) is 104 cm³/mol. The maximum Gasteiger partial charge on any atom is 0.242 e. The van der Waals surface area contributed by atoms with E-state index in [1.807, 2.05) is 31.4 Å². The number of nitrogens with zero attached hydrogens (tertiary/aromatic N) is 7. The molecule has 1 fully saturated rings. The van der Waals surface area contributed by atoms with Crippen LogP contribution in [0.25, 0.3) is 0 Å². The van der Waals surface area contributed by atoms with E-state index >= 15 is 0 Å². The van der Waals surface area contributed by atoms with Crippen LogP contribution in [0.2, 0.25) is 0 Å². The second kappa shape index (κ2) is 8.93. The summed E-state index contributed by atoms with van der Waals surface area (Å²) in [7, 11) is 1.84. The van der Waals surface area contributed by atoms with E-state index in [1.54, 1.807) is 15.6 Å². The Balaban J connectivity index is 1.51. The molecule has 1 aliphatic rings. The van der Waals surface area contributed by atoms with Crippen molar-refractivity contribution in [1.29, 1.82) is 0 Å². The van der Waals surface area contributed by atoms with E-state index in [-0.39, 0.29) is 18.5 Å². The van der Waals surface area contributed by atoms with E-state index in [9.17, 15) is 4.79 Å². The zero-order valence-electron chi connectivity index (χ0n) is 16.3. The lowest BCUT2D eigenvalue weighted by Crippen LogP contribution is -2.41. The number of rotatable bonds is 7. The predicted octanol–water partition coefficient (Wildman–Crippen LogP) is 0.145. The molecule has 0 unspecified atom stereocenters. The Bertz CT molecular complexity index is 933. The summed E-state index contributed by atoms with van der Waals surface area (Å²) in [6.07, 6.45) is 3.60. The molecule has 0 radical (unpaired) electrons. The fourth-order valence-electron chi connectivity index (χ4n) is 3.47. The highest BCUT2D eigenvalue weighted by Crippen LogP contribution is 2.27. The molecule has 0 saturated carbocycles. The highest BCUT2D eigenvalue weighted by atomic mass is 16.5. The molecule has 2 aromatic heterocycles. The van der Waals surface area contributed by atoms with Gasteiger partial charge in [-0.25, -0.2) is 4.68 Å². The van der Waals surface area contributed by atoms with Crippen LogP contribution >= 0.6 is 0 Å². The Morgan fingerprint density at radius 2 is 2.03 bits per heavy atom. The number of aromatic nitrogens is 6. The van der Waals surface area contributed by atoms with E-state index in [1.165, 1.54) is 0 Å². The van der Waals surface area contributed by atoms with Gasteiger partial charge in [0.05, 0.1) is 25.5 Å². The third kappa shape index (κ3) is 4.66. The van der Waals surface area contributed by atoms with Crippen LogP contribution in [-0.2, 0) is 29.7 Å². The van der Waals surface area contributed by atoms with Gasteiger partial charge in [-0.15, -0.1) is 5.10 Å². The first-order valence-corrected chi connectivity index (χ1v) is 9.58. The molecular weight excluding hydrogens is 372 g/mol. The maximum atomic E-state index is 12.5. The largest absolute Gasteiger partial charge is 0.379 e. The Labute approximate surface area is 168 Å². The molecule has 1 amide bonds. The molecule has 1 atom stereocenters. The van der Waals surface area contributed by atoms with Gasteiger partial charge in [-0.1, -0.05) is 30.3 Å². The summed E-state index contributed by atoms with van der Waals surface area (Å²) in [5.74, 6) is 0.492. The number of nitrogens with one attached hydrogen (secondary N) is 1. The highest BCUT2D eigenvalue weighted by Gasteiger charge is 2.29. The Hall–Kier alpha value is -3.11. The average Bonchev–Trinajstić information content (AvgIpc) is 3.37. The van der Waals surface area contributed by atoms with Crippen LogP contribution in [0.4, 0.5) is 0 Å². The van der Waals surface area contributed by atoms with Gasteiger partial charge in [0.2, 0.25) is 5.91 Å². The molecule has 0 aliphatic carbocycles. The number of carbonyl (C=O) groups excluding carboxylic acids is 1. The average molecular weight is 396 g/mol. The molecule has 1 N–H and O–H groups in total. The second-order valence-electron chi connectivity index (χ2n) is 6.96. The van der Waals surface area contributed by atoms with Crippen molar-refractivity contribution in [3.05, 3.63) is 59.7 Å². The quantitative estimate of drug-likeness (QED) is 0.606. The monoisotopic (exact) mass is 396 g/mol. The maximum absolute atomic E-state index is 12.5. The lowest BCUT2D eigenvalue weighted by Gasteiger charge is -2.33. The van der Waals surface area contributed by atoms with E-state index in [0.717, 1.165) is 24.2 Å². The first-order valence-electron chi connectivity index (χ1n) is 9.58. The Morgan fingerprint density at radius 3 is 2.76 bits per heavy atom. The summed E-state index contributed by atoms with van der Waals surface area (Å²) in [5.41, 5.74) is 2.02. The van der Waals surface area contributed by atoms with E-state index in [0.29, 0.717) is 25.6 Å². The summed E-state index contributed by atoms with van der Waals surface area (Å²) >= 11 is 0. The third-order valence-electron chi connectivity index (χ3n) is 4.87. The summed E-state index contributed by atoms with van der Waals surface area (Å²) in [4.78, 5) is 14.8. The van der Waals surface area contributed by atoms with Crippen LogP contribution in [-0.4, -0.2) is 67.1 Å². The molecule has 3 heterocycles. The van der Waals surface area contributed by atoms with Gasteiger partial charge in [-0.3, -0.25) is 14.4 Å². The minimum Gasteiger partial charge on any atom is -0.379 e. The number of hydrogen-bond acceptors (Lipinski definition) is 7. The summed E-state index contributed by atoms with van der Waals surface area (Å²) in [6, 6.07) is 9.95. The van der Waals surface area contributed by atoms with E-state index < -0.39 is 0 Å². The molecule has 0 bridgehead atoms. The van der Waals surface area contributed by atoms with Gasteiger partial charge in [0.1, 0.15) is 6.54 Å². The number of aryl methyl sites for hydroxylation is 1. The van der Waals surface area contributed by atoms with Crippen molar-refractivity contribution in [2.75, 3.05) is 26.3 Å². The van der Waals surface area contributed by atoms with Crippen molar-refractivity contribution in [3.8, 4) is 0 Å². The van der Waals surface area contributed by atoms with Gasteiger partial charge in [-0.05, 0) is 16.0 Å². The van der Waals surface area contributed by atoms with Crippen molar-refractivity contribution in [2.45, 2.75) is 19.1 Å². The highest BCUT2D eigenvalue weighted by molar-refractivity contribution is 5.75. The van der Waals surface area contributed by atoms with Crippen LogP contribution < -0.4 is 5.32 Å². The topological polar surface area (TPSA) is 103 Å². The van der Waals surface area contributed by atoms with Gasteiger partial charge in [0.25, 0.3) is 0 Å². The van der Waals surface area contributed by atoms with Crippen LogP contribution in [0.3, 0.4) is 0 Å². The normalized spacial score (nSPS) is 15.9. The zero-order valence-corrected chi connectivity index (χ0v) is 16.3. The summed E-state index contributed by atoms with van der Waals surface area (Å²) in [5, 5.41) is 19.2. The van der Waals surface area contributed by atoms with E-state index in [4.69, 9.17) is 4.74 Å². The van der Waals surface area contributed by atoms with Crippen LogP contribution in [0.15, 0.2) is 42.7 Å². The lowest BCUT2D eigenvalue weighted by atomic mass is 10.0. The fraction of sp³-hybridized carbons (Fsp3) is 0.421. The van der Waals surface area contributed by atoms with Crippen molar-refractivity contribution in [2.24, 2.45) is 7.05 Å². The molecular formula is C19H24N8O2. The number of benzene rings is 1. The molecule has 1 aromatic carbocycles.